The van der Waals surface area contributed by atoms with Gasteiger partial charge in [-0.05, 0) is 12.1 Å². The monoisotopic (exact) mass is 212 g/mol. The van der Waals surface area contributed by atoms with Crippen molar-refractivity contribution in [3.63, 3.8) is 0 Å². The number of halogens is 2. The van der Waals surface area contributed by atoms with Crippen molar-refractivity contribution in [3.05, 3.63) is 33.8 Å². The normalized spacial score (nSPS) is 8.77. The van der Waals surface area contributed by atoms with Gasteiger partial charge in [0.05, 0.1) is 22.0 Å². The first-order chi connectivity index (χ1) is 6.25. The predicted octanol–water partition coefficient (Wildman–Crippen LogP) is 2.93. The second-order valence-corrected chi connectivity index (χ2v) is 3.08. The summed E-state index contributed by atoms with van der Waals surface area (Å²) in [5.41, 5.74) is 0.577. The first-order valence-corrected chi connectivity index (χ1v) is 4.38. The van der Waals surface area contributed by atoms with Crippen molar-refractivity contribution in [3.8, 4) is 11.8 Å². The minimum atomic E-state index is 0.196. The number of rotatable bonds is 1. The molecule has 0 heterocycles. The lowest BCUT2D eigenvalue weighted by atomic mass is 10.2. The van der Waals surface area contributed by atoms with Gasteiger partial charge in [0, 0.05) is 0 Å². The van der Waals surface area contributed by atoms with Gasteiger partial charge >= 0.3 is 0 Å². The van der Waals surface area contributed by atoms with Crippen LogP contribution in [-0.4, -0.2) is 6.29 Å². The van der Waals surface area contributed by atoms with E-state index in [1.54, 1.807) is 18.2 Å². The fourth-order valence-electron chi connectivity index (χ4n) is 0.798. The highest BCUT2D eigenvalue weighted by atomic mass is 35.5. The average Bonchev–Trinajstić information content (AvgIpc) is 2.10. The molecular formula is C10H6Cl2O. The lowest BCUT2D eigenvalue weighted by Gasteiger charge is -1.96. The largest absolute Gasteiger partial charge is 0.302 e. The fraction of sp³-hybridized carbons (Fsp3) is 0.100. The van der Waals surface area contributed by atoms with Gasteiger partial charge in [0.25, 0.3) is 0 Å². The highest BCUT2D eigenvalue weighted by molar-refractivity contribution is 6.36. The molecule has 0 aromatic heterocycles. The third-order valence-corrected chi connectivity index (χ3v) is 1.99. The van der Waals surface area contributed by atoms with Crippen LogP contribution in [0.15, 0.2) is 18.2 Å². The maximum absolute atomic E-state index is 10.00. The molecule has 66 valence electrons. The SMILES string of the molecule is O=CCC#Cc1c(Cl)cccc1Cl. The molecule has 1 aromatic carbocycles. The van der Waals surface area contributed by atoms with E-state index >= 15 is 0 Å². The zero-order valence-corrected chi connectivity index (χ0v) is 8.19. The Balaban J connectivity index is 3.01. The Bertz CT molecular complexity index is 354. The van der Waals surface area contributed by atoms with Gasteiger partial charge in [0.15, 0.2) is 0 Å². The van der Waals surface area contributed by atoms with E-state index in [2.05, 4.69) is 11.8 Å². The van der Waals surface area contributed by atoms with Gasteiger partial charge < -0.3 is 4.79 Å². The maximum Gasteiger partial charge on any atom is 0.131 e. The molecule has 0 radical (unpaired) electrons. The van der Waals surface area contributed by atoms with Gasteiger partial charge in [-0.25, -0.2) is 0 Å². The van der Waals surface area contributed by atoms with Crippen molar-refractivity contribution in [2.75, 3.05) is 0 Å². The van der Waals surface area contributed by atoms with Crippen LogP contribution in [0.4, 0.5) is 0 Å². The molecular weight excluding hydrogens is 207 g/mol. The fourth-order valence-corrected chi connectivity index (χ4v) is 1.29. The third-order valence-electron chi connectivity index (χ3n) is 1.36. The average molecular weight is 213 g/mol. The minimum absolute atomic E-state index is 0.196. The smallest absolute Gasteiger partial charge is 0.131 e. The standard InChI is InChI=1S/C10H6Cl2O/c11-9-5-3-6-10(12)8(9)4-1-2-7-13/h3,5-7H,2H2. The Labute approximate surface area is 86.7 Å². The molecule has 3 heteroatoms. The Morgan fingerprint density at radius 1 is 1.31 bits per heavy atom. The molecule has 0 aliphatic heterocycles. The zero-order chi connectivity index (χ0) is 9.68. The Morgan fingerprint density at radius 3 is 2.46 bits per heavy atom. The summed E-state index contributed by atoms with van der Waals surface area (Å²) in [6.07, 6.45) is 0.930. The number of aldehydes is 1. The van der Waals surface area contributed by atoms with Gasteiger partial charge in [0.2, 0.25) is 0 Å². The first kappa shape index (κ1) is 10.1. The molecule has 0 aliphatic carbocycles. The molecule has 1 aromatic rings. The van der Waals surface area contributed by atoms with Crippen molar-refractivity contribution in [2.24, 2.45) is 0 Å². The molecule has 0 atom stereocenters. The Morgan fingerprint density at radius 2 is 1.92 bits per heavy atom. The molecule has 0 saturated carbocycles. The van der Waals surface area contributed by atoms with E-state index in [0.717, 1.165) is 6.29 Å². The van der Waals surface area contributed by atoms with Crippen LogP contribution in [-0.2, 0) is 4.79 Å². The van der Waals surface area contributed by atoms with Crippen LogP contribution >= 0.6 is 23.2 Å². The van der Waals surface area contributed by atoms with Gasteiger partial charge in [-0.2, -0.15) is 0 Å². The van der Waals surface area contributed by atoms with Gasteiger partial charge in [-0.1, -0.05) is 41.1 Å². The molecule has 0 amide bonds. The summed E-state index contributed by atoms with van der Waals surface area (Å²) in [6, 6.07) is 5.16. The van der Waals surface area contributed by atoms with E-state index in [1.807, 2.05) is 0 Å². The van der Waals surface area contributed by atoms with Crippen LogP contribution in [0, 0.1) is 11.8 Å². The van der Waals surface area contributed by atoms with Crippen LogP contribution in [0.3, 0.4) is 0 Å². The highest BCUT2D eigenvalue weighted by Gasteiger charge is 2.00. The zero-order valence-electron chi connectivity index (χ0n) is 6.68. The van der Waals surface area contributed by atoms with Gasteiger partial charge in [0.1, 0.15) is 6.29 Å². The van der Waals surface area contributed by atoms with Crippen molar-refractivity contribution in [1.82, 2.24) is 0 Å². The van der Waals surface area contributed by atoms with E-state index in [9.17, 15) is 4.79 Å². The topological polar surface area (TPSA) is 17.1 Å². The summed E-state index contributed by atoms with van der Waals surface area (Å²) in [4.78, 5) is 10.00. The lowest BCUT2D eigenvalue weighted by Crippen LogP contribution is -1.79. The minimum Gasteiger partial charge on any atom is -0.302 e. The van der Waals surface area contributed by atoms with Crippen molar-refractivity contribution in [2.45, 2.75) is 6.42 Å². The van der Waals surface area contributed by atoms with Crippen molar-refractivity contribution in [1.29, 1.82) is 0 Å². The van der Waals surface area contributed by atoms with E-state index in [1.165, 1.54) is 0 Å². The molecule has 0 saturated heterocycles. The molecule has 0 bridgehead atoms. The maximum atomic E-state index is 10.00. The summed E-state index contributed by atoms with van der Waals surface area (Å²) in [7, 11) is 0. The molecule has 0 spiro atoms. The van der Waals surface area contributed by atoms with Gasteiger partial charge in [-0.3, -0.25) is 0 Å². The van der Waals surface area contributed by atoms with E-state index in [0.29, 0.717) is 15.6 Å². The molecule has 0 N–H and O–H groups in total. The second kappa shape index (κ2) is 4.91. The molecule has 13 heavy (non-hydrogen) atoms. The Hall–Kier alpha value is -0.970. The van der Waals surface area contributed by atoms with Crippen LogP contribution in [0.25, 0.3) is 0 Å². The second-order valence-electron chi connectivity index (χ2n) is 2.27. The Kier molecular flexibility index (Phi) is 3.82. The van der Waals surface area contributed by atoms with Crippen LogP contribution in [0.2, 0.25) is 10.0 Å². The summed E-state index contributed by atoms with van der Waals surface area (Å²) < 4.78 is 0. The summed E-state index contributed by atoms with van der Waals surface area (Å²) in [5, 5.41) is 1.01. The molecule has 0 unspecified atom stereocenters. The van der Waals surface area contributed by atoms with Gasteiger partial charge in [-0.15, -0.1) is 0 Å². The number of carbonyl (C=O) groups excluding carboxylic acids is 1. The van der Waals surface area contributed by atoms with Crippen molar-refractivity contribution >= 4 is 29.5 Å². The summed E-state index contributed by atoms with van der Waals surface area (Å²) >= 11 is 11.7. The van der Waals surface area contributed by atoms with E-state index in [4.69, 9.17) is 23.2 Å². The summed E-state index contributed by atoms with van der Waals surface area (Å²) in [5.74, 6) is 5.38. The molecule has 0 aliphatic rings. The molecule has 1 rings (SSSR count). The number of hydrogen-bond acceptors (Lipinski definition) is 1. The van der Waals surface area contributed by atoms with Crippen molar-refractivity contribution < 1.29 is 4.79 Å². The van der Waals surface area contributed by atoms with E-state index in [-0.39, 0.29) is 6.42 Å². The summed E-state index contributed by atoms with van der Waals surface area (Å²) in [6.45, 7) is 0. The molecule has 0 fully saturated rings. The highest BCUT2D eigenvalue weighted by Crippen LogP contribution is 2.22. The lowest BCUT2D eigenvalue weighted by molar-refractivity contribution is -0.107. The van der Waals surface area contributed by atoms with E-state index < -0.39 is 0 Å². The third kappa shape index (κ3) is 2.77. The quantitative estimate of drug-likeness (QED) is 0.517. The number of hydrogen-bond donors (Lipinski definition) is 0. The number of benzene rings is 1. The molecule has 1 nitrogen and oxygen atoms in total. The number of carbonyl (C=O) groups is 1. The predicted molar refractivity (Wildman–Crippen MR) is 54.0 cm³/mol. The van der Waals surface area contributed by atoms with Crippen LogP contribution in [0.5, 0.6) is 0 Å². The first-order valence-electron chi connectivity index (χ1n) is 3.62. The van der Waals surface area contributed by atoms with Crippen LogP contribution in [0.1, 0.15) is 12.0 Å². The van der Waals surface area contributed by atoms with Crippen LogP contribution < -0.4 is 0 Å².